The Morgan fingerprint density at radius 2 is 2.23 bits per heavy atom. The third kappa shape index (κ3) is 2.86. The number of hydrogen-bond donors (Lipinski definition) is 2. The van der Waals surface area contributed by atoms with Crippen LogP contribution in [0, 0.1) is 0 Å². The number of Topliss-reactive ketones (excluding diaryl/α,β-unsaturated/α-hetero) is 1. The fourth-order valence-electron chi connectivity index (χ4n) is 1.16. The summed E-state index contributed by atoms with van der Waals surface area (Å²) in [5.74, 6) is 0.314. The van der Waals surface area contributed by atoms with Gasteiger partial charge in [-0.2, -0.15) is 12.6 Å². The van der Waals surface area contributed by atoms with Crippen LogP contribution in [-0.2, 0) is 6.42 Å². The number of carbonyl (C=O) groups excluding carboxylic acids is 1. The van der Waals surface area contributed by atoms with Gasteiger partial charge in [0.25, 0.3) is 0 Å². The number of nitrogens with two attached hydrogens (primary N) is 1. The quantitative estimate of drug-likeness (QED) is 0.562. The van der Waals surface area contributed by atoms with Gasteiger partial charge in [0.1, 0.15) is 0 Å². The summed E-state index contributed by atoms with van der Waals surface area (Å²) in [4.78, 5) is 11.3. The summed E-state index contributed by atoms with van der Waals surface area (Å²) in [7, 11) is 0. The highest BCUT2D eigenvalue weighted by atomic mass is 32.1. The van der Waals surface area contributed by atoms with Crippen LogP contribution in [0.4, 0.5) is 0 Å². The molecule has 0 amide bonds. The van der Waals surface area contributed by atoms with Crippen LogP contribution < -0.4 is 5.73 Å². The number of rotatable bonds is 4. The first-order chi connectivity index (χ1) is 6.27. The molecule has 70 valence electrons. The molecule has 0 radical (unpaired) electrons. The molecule has 1 rings (SSSR count). The Labute approximate surface area is 83.5 Å². The van der Waals surface area contributed by atoms with Crippen molar-refractivity contribution in [3.8, 4) is 0 Å². The van der Waals surface area contributed by atoms with Gasteiger partial charge >= 0.3 is 0 Å². The van der Waals surface area contributed by atoms with Gasteiger partial charge in [-0.3, -0.25) is 4.79 Å². The fourth-order valence-corrected chi connectivity index (χ4v) is 1.34. The first-order valence-electron chi connectivity index (χ1n) is 4.21. The zero-order chi connectivity index (χ0) is 9.68. The molecule has 13 heavy (non-hydrogen) atoms. The molecule has 0 heterocycles. The van der Waals surface area contributed by atoms with Gasteiger partial charge in [0.15, 0.2) is 5.78 Å². The van der Waals surface area contributed by atoms with E-state index in [2.05, 4.69) is 12.6 Å². The molecule has 0 unspecified atom stereocenters. The van der Waals surface area contributed by atoms with Crippen LogP contribution in [0.1, 0.15) is 15.9 Å². The predicted molar refractivity (Wildman–Crippen MR) is 57.4 cm³/mol. The molecule has 1 aromatic rings. The van der Waals surface area contributed by atoms with Gasteiger partial charge in [-0.15, -0.1) is 0 Å². The Kier molecular flexibility index (Phi) is 3.99. The minimum absolute atomic E-state index is 0.0576. The lowest BCUT2D eigenvalue weighted by Crippen LogP contribution is -2.05. The molecule has 3 heteroatoms. The van der Waals surface area contributed by atoms with Crippen molar-refractivity contribution < 1.29 is 4.79 Å². The van der Waals surface area contributed by atoms with Crippen molar-refractivity contribution in [2.24, 2.45) is 5.73 Å². The highest BCUT2D eigenvalue weighted by Crippen LogP contribution is 2.07. The second kappa shape index (κ2) is 5.04. The number of thiol groups is 1. The summed E-state index contributed by atoms with van der Waals surface area (Å²) in [6.07, 6.45) is 0.813. The molecule has 0 aliphatic heterocycles. The average Bonchev–Trinajstić information content (AvgIpc) is 2.18. The SMILES string of the molecule is NCCc1cccc(C(=O)CS)c1. The van der Waals surface area contributed by atoms with E-state index in [1.165, 1.54) is 0 Å². The van der Waals surface area contributed by atoms with Crippen molar-refractivity contribution in [2.45, 2.75) is 6.42 Å². The topological polar surface area (TPSA) is 43.1 Å². The van der Waals surface area contributed by atoms with E-state index in [9.17, 15) is 4.79 Å². The molecule has 2 nitrogen and oxygen atoms in total. The van der Waals surface area contributed by atoms with Gasteiger partial charge in [0.05, 0.1) is 5.75 Å². The van der Waals surface area contributed by atoms with Gasteiger partial charge in [-0.25, -0.2) is 0 Å². The van der Waals surface area contributed by atoms with Crippen molar-refractivity contribution in [1.82, 2.24) is 0 Å². The Morgan fingerprint density at radius 3 is 2.85 bits per heavy atom. The van der Waals surface area contributed by atoms with E-state index >= 15 is 0 Å². The molecule has 2 N–H and O–H groups in total. The van der Waals surface area contributed by atoms with E-state index < -0.39 is 0 Å². The number of benzene rings is 1. The first-order valence-corrected chi connectivity index (χ1v) is 4.84. The van der Waals surface area contributed by atoms with Crippen LogP contribution in [0.25, 0.3) is 0 Å². The molecule has 0 atom stereocenters. The van der Waals surface area contributed by atoms with E-state index in [4.69, 9.17) is 5.73 Å². The van der Waals surface area contributed by atoms with Crippen LogP contribution in [0.15, 0.2) is 24.3 Å². The zero-order valence-electron chi connectivity index (χ0n) is 7.36. The van der Waals surface area contributed by atoms with Crippen molar-refractivity contribution >= 4 is 18.4 Å². The molecular weight excluding hydrogens is 182 g/mol. The summed E-state index contributed by atoms with van der Waals surface area (Å²) in [6, 6.07) is 7.54. The second-order valence-electron chi connectivity index (χ2n) is 2.82. The maximum atomic E-state index is 11.3. The van der Waals surface area contributed by atoms with E-state index in [0.717, 1.165) is 17.5 Å². The Hall–Kier alpha value is -0.800. The molecule has 0 aliphatic carbocycles. The van der Waals surface area contributed by atoms with Crippen LogP contribution in [0.2, 0.25) is 0 Å². The van der Waals surface area contributed by atoms with E-state index in [-0.39, 0.29) is 11.5 Å². The van der Waals surface area contributed by atoms with Crippen LogP contribution >= 0.6 is 12.6 Å². The standard InChI is InChI=1S/C10H13NOS/c11-5-4-8-2-1-3-9(6-8)10(12)7-13/h1-3,6,13H,4-5,7,11H2. The molecule has 0 saturated heterocycles. The fraction of sp³-hybridized carbons (Fsp3) is 0.300. The maximum absolute atomic E-state index is 11.3. The molecule has 0 aromatic heterocycles. The molecule has 1 aromatic carbocycles. The first kappa shape index (κ1) is 10.3. The number of hydrogen-bond acceptors (Lipinski definition) is 3. The average molecular weight is 195 g/mol. The van der Waals surface area contributed by atoms with E-state index in [0.29, 0.717) is 6.54 Å². The van der Waals surface area contributed by atoms with Crippen molar-refractivity contribution in [3.63, 3.8) is 0 Å². The Bertz CT molecular complexity index is 299. The Morgan fingerprint density at radius 1 is 1.46 bits per heavy atom. The molecule has 0 bridgehead atoms. The molecule has 0 fully saturated rings. The van der Waals surface area contributed by atoms with Crippen LogP contribution in [0.5, 0.6) is 0 Å². The third-order valence-corrected chi connectivity index (χ3v) is 2.11. The highest BCUT2D eigenvalue weighted by Gasteiger charge is 2.02. The lowest BCUT2D eigenvalue weighted by atomic mass is 10.1. The molecular formula is C10H13NOS. The van der Waals surface area contributed by atoms with Gasteiger partial charge in [0, 0.05) is 5.56 Å². The van der Waals surface area contributed by atoms with E-state index in [1.54, 1.807) is 6.07 Å². The van der Waals surface area contributed by atoms with Gasteiger partial charge < -0.3 is 5.73 Å². The second-order valence-corrected chi connectivity index (χ2v) is 3.14. The lowest BCUT2D eigenvalue weighted by Gasteiger charge is -2.01. The van der Waals surface area contributed by atoms with Gasteiger partial charge in [-0.1, -0.05) is 18.2 Å². The lowest BCUT2D eigenvalue weighted by molar-refractivity contribution is 0.102. The van der Waals surface area contributed by atoms with Crippen molar-refractivity contribution in [1.29, 1.82) is 0 Å². The zero-order valence-corrected chi connectivity index (χ0v) is 8.26. The third-order valence-electron chi connectivity index (χ3n) is 1.83. The molecule has 0 spiro atoms. The summed E-state index contributed by atoms with van der Waals surface area (Å²) in [5, 5.41) is 0. The summed E-state index contributed by atoms with van der Waals surface area (Å²) >= 11 is 3.94. The molecule has 0 aliphatic rings. The largest absolute Gasteiger partial charge is 0.330 e. The summed E-state index contributed by atoms with van der Waals surface area (Å²) in [6.45, 7) is 0.610. The van der Waals surface area contributed by atoms with Gasteiger partial charge in [0.2, 0.25) is 0 Å². The highest BCUT2D eigenvalue weighted by molar-refractivity contribution is 7.81. The normalized spacial score (nSPS) is 10.0. The van der Waals surface area contributed by atoms with Crippen LogP contribution in [0.3, 0.4) is 0 Å². The Balaban J connectivity index is 2.85. The number of carbonyl (C=O) groups is 1. The molecule has 0 saturated carbocycles. The smallest absolute Gasteiger partial charge is 0.172 e. The van der Waals surface area contributed by atoms with Crippen molar-refractivity contribution in [3.05, 3.63) is 35.4 Å². The maximum Gasteiger partial charge on any atom is 0.172 e. The minimum atomic E-state index is 0.0576. The monoisotopic (exact) mass is 195 g/mol. The van der Waals surface area contributed by atoms with Crippen LogP contribution in [-0.4, -0.2) is 18.1 Å². The van der Waals surface area contributed by atoms with Gasteiger partial charge in [-0.05, 0) is 24.6 Å². The summed E-state index contributed by atoms with van der Waals surface area (Å²) < 4.78 is 0. The minimum Gasteiger partial charge on any atom is -0.330 e. The predicted octanol–water partition coefficient (Wildman–Crippen LogP) is 1.30. The van der Waals surface area contributed by atoms with Crippen molar-refractivity contribution in [2.75, 3.05) is 12.3 Å². The van der Waals surface area contributed by atoms with E-state index in [1.807, 2.05) is 18.2 Å². The summed E-state index contributed by atoms with van der Waals surface area (Å²) in [5.41, 5.74) is 7.25. The number of ketones is 1.